The van der Waals surface area contributed by atoms with Gasteiger partial charge in [0.15, 0.2) is 0 Å². The van der Waals surface area contributed by atoms with Crippen LogP contribution in [-0.4, -0.2) is 47.8 Å². The highest BCUT2D eigenvalue weighted by Gasteiger charge is 2.23. The summed E-state index contributed by atoms with van der Waals surface area (Å²) in [6, 6.07) is 0.849. The van der Waals surface area contributed by atoms with Crippen LogP contribution in [0.25, 0.3) is 0 Å². The predicted octanol–water partition coefficient (Wildman–Crippen LogP) is 3.17. The van der Waals surface area contributed by atoms with Crippen LogP contribution in [0.5, 0.6) is 0 Å². The van der Waals surface area contributed by atoms with Crippen LogP contribution in [0.1, 0.15) is 72.1 Å². The van der Waals surface area contributed by atoms with Gasteiger partial charge in [-0.05, 0) is 58.7 Å². The third-order valence-corrected chi connectivity index (χ3v) is 4.82. The second-order valence-corrected chi connectivity index (χ2v) is 6.67. The van der Waals surface area contributed by atoms with E-state index in [1.54, 1.807) is 0 Å². The fourth-order valence-corrected chi connectivity index (χ4v) is 3.35. The lowest BCUT2D eigenvalue weighted by molar-refractivity contribution is 0.157. The van der Waals surface area contributed by atoms with Gasteiger partial charge in [0.25, 0.3) is 0 Å². The zero-order valence-corrected chi connectivity index (χ0v) is 14.0. The first kappa shape index (κ1) is 17.9. The van der Waals surface area contributed by atoms with Gasteiger partial charge in [0, 0.05) is 11.6 Å². The Morgan fingerprint density at radius 3 is 2.45 bits per heavy atom. The van der Waals surface area contributed by atoms with E-state index < -0.39 is 0 Å². The van der Waals surface area contributed by atoms with Crippen LogP contribution < -0.4 is 5.32 Å². The Hall–Kier alpha value is -0.120. The Labute approximate surface area is 126 Å². The molecule has 0 amide bonds. The third kappa shape index (κ3) is 6.11. The highest BCUT2D eigenvalue weighted by molar-refractivity contribution is 4.82. The van der Waals surface area contributed by atoms with Gasteiger partial charge in [-0.25, -0.2) is 0 Å². The van der Waals surface area contributed by atoms with Crippen molar-refractivity contribution in [1.82, 2.24) is 10.2 Å². The van der Waals surface area contributed by atoms with Gasteiger partial charge in [-0.3, -0.25) is 0 Å². The molecule has 1 saturated carbocycles. The van der Waals surface area contributed by atoms with Crippen LogP contribution in [-0.2, 0) is 0 Å². The summed E-state index contributed by atoms with van der Waals surface area (Å²) in [5.41, 5.74) is -0.0829. The van der Waals surface area contributed by atoms with Crippen molar-refractivity contribution in [1.29, 1.82) is 0 Å². The van der Waals surface area contributed by atoms with E-state index in [0.29, 0.717) is 0 Å². The minimum absolute atomic E-state index is 0.0829. The van der Waals surface area contributed by atoms with E-state index in [9.17, 15) is 5.11 Å². The molecule has 0 aromatic carbocycles. The smallest absolute Gasteiger partial charge is 0.0610 e. The molecular formula is C17H36N2O. The topological polar surface area (TPSA) is 35.5 Å². The summed E-state index contributed by atoms with van der Waals surface area (Å²) in [5, 5.41) is 13.1. The van der Waals surface area contributed by atoms with E-state index >= 15 is 0 Å². The predicted molar refractivity (Wildman–Crippen MR) is 87.1 cm³/mol. The van der Waals surface area contributed by atoms with E-state index in [2.05, 4.69) is 31.0 Å². The van der Waals surface area contributed by atoms with Gasteiger partial charge in [0.1, 0.15) is 0 Å². The van der Waals surface area contributed by atoms with Crippen LogP contribution in [0.2, 0.25) is 0 Å². The van der Waals surface area contributed by atoms with E-state index in [-0.39, 0.29) is 12.1 Å². The standard InChI is InChI=1S/C17H36N2O/c1-4-13-18-17(3,15-20)12-8-9-14-19(5-2)16-10-6-7-11-16/h16,18,20H,4-15H2,1-3H3. The first-order chi connectivity index (χ1) is 9.65. The molecule has 3 heteroatoms. The summed E-state index contributed by atoms with van der Waals surface area (Å²) < 4.78 is 0. The Kier molecular flexibility index (Phi) is 8.74. The molecule has 1 atom stereocenters. The summed E-state index contributed by atoms with van der Waals surface area (Å²) in [6.45, 7) is 10.3. The van der Waals surface area contributed by atoms with Gasteiger partial charge in [-0.1, -0.05) is 33.1 Å². The molecule has 0 saturated heterocycles. The first-order valence-corrected chi connectivity index (χ1v) is 8.75. The third-order valence-electron chi connectivity index (χ3n) is 4.82. The fraction of sp³-hybridized carbons (Fsp3) is 1.00. The largest absolute Gasteiger partial charge is 0.394 e. The lowest BCUT2D eigenvalue weighted by Gasteiger charge is -2.30. The minimum atomic E-state index is -0.0829. The monoisotopic (exact) mass is 284 g/mol. The van der Waals surface area contributed by atoms with Gasteiger partial charge in [0.2, 0.25) is 0 Å². The molecule has 1 aliphatic carbocycles. The lowest BCUT2D eigenvalue weighted by atomic mass is 9.95. The second-order valence-electron chi connectivity index (χ2n) is 6.67. The Morgan fingerprint density at radius 2 is 1.90 bits per heavy atom. The maximum absolute atomic E-state index is 9.57. The van der Waals surface area contributed by atoms with Crippen molar-refractivity contribution in [2.45, 2.75) is 83.7 Å². The SMILES string of the molecule is CCCNC(C)(CO)CCCCN(CC)C1CCCC1. The molecule has 0 heterocycles. The molecule has 20 heavy (non-hydrogen) atoms. The van der Waals surface area contributed by atoms with Gasteiger partial charge in [-0.15, -0.1) is 0 Å². The molecule has 0 aromatic rings. The average Bonchev–Trinajstić information content (AvgIpc) is 2.99. The summed E-state index contributed by atoms with van der Waals surface area (Å²) in [4.78, 5) is 2.67. The quantitative estimate of drug-likeness (QED) is 0.572. The molecule has 0 radical (unpaired) electrons. The summed E-state index contributed by atoms with van der Waals surface area (Å²) in [5.74, 6) is 0. The summed E-state index contributed by atoms with van der Waals surface area (Å²) in [6.07, 6.45) is 10.3. The molecule has 0 spiro atoms. The number of rotatable bonds is 11. The van der Waals surface area contributed by atoms with E-state index in [1.165, 1.54) is 51.6 Å². The van der Waals surface area contributed by atoms with Crippen molar-refractivity contribution in [2.75, 3.05) is 26.2 Å². The zero-order chi connectivity index (χ0) is 14.8. The highest BCUT2D eigenvalue weighted by atomic mass is 16.3. The van der Waals surface area contributed by atoms with Crippen LogP contribution in [0.15, 0.2) is 0 Å². The molecule has 2 N–H and O–H groups in total. The molecule has 0 aromatic heterocycles. The Morgan fingerprint density at radius 1 is 1.20 bits per heavy atom. The number of nitrogens with one attached hydrogen (secondary N) is 1. The number of hydrogen-bond donors (Lipinski definition) is 2. The summed E-state index contributed by atoms with van der Waals surface area (Å²) >= 11 is 0. The number of hydrogen-bond acceptors (Lipinski definition) is 3. The summed E-state index contributed by atoms with van der Waals surface area (Å²) in [7, 11) is 0. The molecule has 1 rings (SSSR count). The number of nitrogens with zero attached hydrogens (tertiary/aromatic N) is 1. The highest BCUT2D eigenvalue weighted by Crippen LogP contribution is 2.24. The van der Waals surface area contributed by atoms with E-state index in [0.717, 1.165) is 25.4 Å². The molecule has 1 unspecified atom stereocenters. The minimum Gasteiger partial charge on any atom is -0.394 e. The molecule has 1 fully saturated rings. The van der Waals surface area contributed by atoms with Crippen LogP contribution in [0.4, 0.5) is 0 Å². The van der Waals surface area contributed by atoms with E-state index in [4.69, 9.17) is 0 Å². The maximum Gasteiger partial charge on any atom is 0.0610 e. The van der Waals surface area contributed by atoms with Crippen molar-refractivity contribution in [2.24, 2.45) is 0 Å². The number of aliphatic hydroxyl groups excluding tert-OH is 1. The maximum atomic E-state index is 9.57. The first-order valence-electron chi connectivity index (χ1n) is 8.75. The molecule has 0 bridgehead atoms. The van der Waals surface area contributed by atoms with Crippen LogP contribution in [0, 0.1) is 0 Å². The van der Waals surface area contributed by atoms with Gasteiger partial charge < -0.3 is 15.3 Å². The van der Waals surface area contributed by atoms with Crippen molar-refractivity contribution >= 4 is 0 Å². The fourth-order valence-electron chi connectivity index (χ4n) is 3.35. The van der Waals surface area contributed by atoms with Crippen molar-refractivity contribution in [3.63, 3.8) is 0 Å². The zero-order valence-electron chi connectivity index (χ0n) is 14.0. The van der Waals surface area contributed by atoms with Gasteiger partial charge >= 0.3 is 0 Å². The molecule has 120 valence electrons. The normalized spacial score (nSPS) is 19.6. The average molecular weight is 284 g/mol. The number of aliphatic hydroxyl groups is 1. The molecule has 0 aliphatic heterocycles. The number of unbranched alkanes of at least 4 members (excludes halogenated alkanes) is 1. The second kappa shape index (κ2) is 9.75. The van der Waals surface area contributed by atoms with Gasteiger partial charge in [-0.2, -0.15) is 0 Å². The van der Waals surface area contributed by atoms with Crippen LogP contribution >= 0.6 is 0 Å². The van der Waals surface area contributed by atoms with Crippen LogP contribution in [0.3, 0.4) is 0 Å². The molecule has 1 aliphatic rings. The Bertz CT molecular complexity index is 241. The van der Waals surface area contributed by atoms with Crippen molar-refractivity contribution in [3.8, 4) is 0 Å². The van der Waals surface area contributed by atoms with E-state index in [1.807, 2.05) is 0 Å². The Balaban J connectivity index is 2.21. The molecule has 3 nitrogen and oxygen atoms in total. The lowest BCUT2D eigenvalue weighted by Crippen LogP contribution is -2.46. The molecular weight excluding hydrogens is 248 g/mol. The van der Waals surface area contributed by atoms with Crippen molar-refractivity contribution in [3.05, 3.63) is 0 Å². The van der Waals surface area contributed by atoms with Gasteiger partial charge in [0.05, 0.1) is 6.61 Å². The van der Waals surface area contributed by atoms with Crippen molar-refractivity contribution < 1.29 is 5.11 Å².